The van der Waals surface area contributed by atoms with E-state index in [9.17, 15) is 19.2 Å². The van der Waals surface area contributed by atoms with Crippen LogP contribution in [0.25, 0.3) is 0 Å². The van der Waals surface area contributed by atoms with Crippen LogP contribution in [0, 0.1) is 0 Å². The third-order valence-electron chi connectivity index (χ3n) is 7.71. The molecule has 238 valence electrons. The lowest BCUT2D eigenvalue weighted by Crippen LogP contribution is -2.47. The number of nitrogens with zero attached hydrogens (tertiary/aromatic N) is 1. The van der Waals surface area contributed by atoms with Crippen LogP contribution in [-0.4, -0.2) is 55.0 Å². The molecule has 0 aliphatic carbocycles. The summed E-state index contributed by atoms with van der Waals surface area (Å²) in [6.45, 7) is 9.55. The zero-order valence-corrected chi connectivity index (χ0v) is 26.9. The Bertz CT molecular complexity index is 668. The van der Waals surface area contributed by atoms with Gasteiger partial charge in [-0.1, -0.05) is 123 Å². The lowest BCUT2D eigenvalue weighted by atomic mass is 10.1. The molecule has 0 spiro atoms. The van der Waals surface area contributed by atoms with Crippen LogP contribution in [0.15, 0.2) is 12.7 Å². The van der Waals surface area contributed by atoms with Crippen LogP contribution >= 0.6 is 0 Å². The van der Waals surface area contributed by atoms with Gasteiger partial charge in [0.1, 0.15) is 0 Å². The highest BCUT2D eigenvalue weighted by molar-refractivity contribution is 5.86. The van der Waals surface area contributed by atoms with E-state index in [2.05, 4.69) is 20.4 Å². The molecule has 0 aromatic heterocycles. The highest BCUT2D eigenvalue weighted by Gasteiger charge is 2.25. The fourth-order valence-electron chi connectivity index (χ4n) is 4.95. The number of esters is 4. The molecule has 41 heavy (non-hydrogen) atoms. The predicted octanol–water partition coefficient (Wildman–Crippen LogP) is 8.38. The number of rotatable bonds is 28. The van der Waals surface area contributed by atoms with Crippen LogP contribution in [-0.2, 0) is 28.7 Å². The first kappa shape index (κ1) is 39.0. The lowest BCUT2D eigenvalue weighted by molar-refractivity contribution is -0.902. The Morgan fingerprint density at radius 2 is 0.805 bits per heavy atom. The first-order valence-corrected chi connectivity index (χ1v) is 16.7. The van der Waals surface area contributed by atoms with E-state index < -0.39 is 23.9 Å². The summed E-state index contributed by atoms with van der Waals surface area (Å²) in [4.78, 5) is 48.6. The normalized spacial score (nSPS) is 11.3. The standard InChI is InChI=1S/C34H62NO6/c1-5-8-10-12-14-16-18-20-22-24-31(36)40-33(38)26-29-35(4,28-7-3)30-27-34(39)41-32(37)25-23-21-19-17-15-13-11-9-6-2/h7H,3,5-6,8-30H2,1-2,4H3/q+1. The average molecular weight is 581 g/mol. The van der Waals surface area contributed by atoms with Gasteiger partial charge in [0.15, 0.2) is 0 Å². The molecule has 0 unspecified atom stereocenters. The molecule has 0 N–H and O–H groups in total. The smallest absolute Gasteiger partial charge is 0.319 e. The topological polar surface area (TPSA) is 86.7 Å². The second-order valence-electron chi connectivity index (χ2n) is 11.9. The summed E-state index contributed by atoms with van der Waals surface area (Å²) in [6.07, 6.45) is 23.2. The largest absolute Gasteiger partial charge is 0.393 e. The summed E-state index contributed by atoms with van der Waals surface area (Å²) in [5.74, 6) is -2.02. The Morgan fingerprint density at radius 1 is 0.512 bits per heavy atom. The Hall–Kier alpha value is -2.02. The molecule has 0 atom stereocenters. The average Bonchev–Trinajstić information content (AvgIpc) is 2.93. The van der Waals surface area contributed by atoms with E-state index in [1.54, 1.807) is 6.08 Å². The van der Waals surface area contributed by atoms with Crippen LogP contribution in [0.5, 0.6) is 0 Å². The maximum absolute atomic E-state index is 12.3. The molecule has 0 heterocycles. The first-order chi connectivity index (χ1) is 19.8. The molecule has 0 amide bonds. The second kappa shape index (κ2) is 26.9. The fourth-order valence-corrected chi connectivity index (χ4v) is 4.95. The molecule has 0 aromatic carbocycles. The quantitative estimate of drug-likeness (QED) is 0.0304. The number of carbonyl (C=O) groups excluding carboxylic acids is 4. The SMILES string of the molecule is C=CC[N+](C)(CCC(=O)OC(=O)CCCCCCCCCCC)CCC(=O)OC(=O)CCCCCCCCCCC. The highest BCUT2D eigenvalue weighted by Crippen LogP contribution is 2.13. The van der Waals surface area contributed by atoms with Gasteiger partial charge in [-0.25, -0.2) is 0 Å². The maximum Gasteiger partial charge on any atom is 0.319 e. The Kier molecular flexibility index (Phi) is 25.5. The Balaban J connectivity index is 4.10. The summed E-state index contributed by atoms with van der Waals surface area (Å²) in [5.41, 5.74) is 0. The lowest BCUT2D eigenvalue weighted by Gasteiger charge is -2.32. The van der Waals surface area contributed by atoms with Crippen molar-refractivity contribution in [1.29, 1.82) is 0 Å². The van der Waals surface area contributed by atoms with Crippen LogP contribution in [0.2, 0.25) is 0 Å². The van der Waals surface area contributed by atoms with Crippen molar-refractivity contribution in [3.05, 3.63) is 12.7 Å². The van der Waals surface area contributed by atoms with Gasteiger partial charge in [-0.15, -0.1) is 0 Å². The number of unbranched alkanes of at least 4 members (excludes halogenated alkanes) is 16. The third kappa shape index (κ3) is 25.4. The number of carbonyl (C=O) groups is 4. The van der Waals surface area contributed by atoms with Crippen LogP contribution in [0.1, 0.15) is 155 Å². The number of hydrogen-bond acceptors (Lipinski definition) is 6. The van der Waals surface area contributed by atoms with Crippen molar-refractivity contribution in [3.8, 4) is 0 Å². The van der Waals surface area contributed by atoms with Crippen LogP contribution in [0.3, 0.4) is 0 Å². The van der Waals surface area contributed by atoms with E-state index in [1.165, 1.54) is 77.0 Å². The maximum atomic E-state index is 12.3. The molecule has 0 saturated carbocycles. The molecule has 0 saturated heterocycles. The van der Waals surface area contributed by atoms with E-state index in [-0.39, 0.29) is 25.7 Å². The van der Waals surface area contributed by atoms with E-state index >= 15 is 0 Å². The number of quaternary nitrogens is 1. The molecule has 0 bridgehead atoms. The zero-order valence-electron chi connectivity index (χ0n) is 26.9. The molecule has 0 aromatic rings. The van der Waals surface area contributed by atoms with Gasteiger partial charge in [-0.05, 0) is 18.9 Å². The zero-order chi connectivity index (χ0) is 30.6. The van der Waals surface area contributed by atoms with Crippen molar-refractivity contribution < 1.29 is 33.1 Å². The van der Waals surface area contributed by atoms with Crippen molar-refractivity contribution in [2.75, 3.05) is 26.7 Å². The monoisotopic (exact) mass is 580 g/mol. The van der Waals surface area contributed by atoms with E-state index in [1.807, 2.05) is 7.05 Å². The van der Waals surface area contributed by atoms with Crippen molar-refractivity contribution in [2.45, 2.75) is 155 Å². The highest BCUT2D eigenvalue weighted by atomic mass is 16.6. The van der Waals surface area contributed by atoms with Crippen molar-refractivity contribution in [3.63, 3.8) is 0 Å². The summed E-state index contributed by atoms with van der Waals surface area (Å²) in [5, 5.41) is 0. The fraction of sp³-hybridized carbons (Fsp3) is 0.824. The Morgan fingerprint density at radius 3 is 1.12 bits per heavy atom. The predicted molar refractivity (Wildman–Crippen MR) is 166 cm³/mol. The molecule has 0 fully saturated rings. The van der Waals surface area contributed by atoms with Gasteiger partial charge in [0.2, 0.25) is 0 Å². The second-order valence-corrected chi connectivity index (χ2v) is 11.9. The molecular weight excluding hydrogens is 518 g/mol. The van der Waals surface area contributed by atoms with Gasteiger partial charge in [0.05, 0.1) is 39.5 Å². The van der Waals surface area contributed by atoms with Gasteiger partial charge >= 0.3 is 23.9 Å². The number of likely N-dealkylation sites (N-methyl/N-ethyl adjacent to an activating group) is 1. The van der Waals surface area contributed by atoms with Crippen molar-refractivity contribution in [1.82, 2.24) is 0 Å². The third-order valence-corrected chi connectivity index (χ3v) is 7.71. The first-order valence-electron chi connectivity index (χ1n) is 16.7. The summed E-state index contributed by atoms with van der Waals surface area (Å²) >= 11 is 0. The van der Waals surface area contributed by atoms with E-state index in [0.29, 0.717) is 24.1 Å². The van der Waals surface area contributed by atoms with Gasteiger partial charge in [0.25, 0.3) is 0 Å². The summed E-state index contributed by atoms with van der Waals surface area (Å²) in [6, 6.07) is 0. The summed E-state index contributed by atoms with van der Waals surface area (Å²) in [7, 11) is 1.91. The number of ether oxygens (including phenoxy) is 2. The van der Waals surface area contributed by atoms with Crippen LogP contribution < -0.4 is 0 Å². The minimum absolute atomic E-state index is 0.0699. The molecule has 7 heteroatoms. The van der Waals surface area contributed by atoms with Crippen molar-refractivity contribution >= 4 is 23.9 Å². The van der Waals surface area contributed by atoms with Gasteiger partial charge in [0, 0.05) is 12.8 Å². The summed E-state index contributed by atoms with van der Waals surface area (Å²) < 4.78 is 10.4. The Labute approximate surface area is 251 Å². The van der Waals surface area contributed by atoms with E-state index in [0.717, 1.165) is 38.5 Å². The molecule has 0 aliphatic rings. The molecule has 0 aliphatic heterocycles. The minimum atomic E-state index is -0.543. The van der Waals surface area contributed by atoms with Gasteiger partial charge in [-0.2, -0.15) is 0 Å². The molecular formula is C34H62NO6+. The number of hydrogen-bond donors (Lipinski definition) is 0. The minimum Gasteiger partial charge on any atom is -0.393 e. The molecule has 7 nitrogen and oxygen atoms in total. The van der Waals surface area contributed by atoms with Gasteiger partial charge < -0.3 is 14.0 Å². The van der Waals surface area contributed by atoms with Gasteiger partial charge in [-0.3, -0.25) is 19.2 Å². The van der Waals surface area contributed by atoms with E-state index in [4.69, 9.17) is 9.47 Å². The molecule has 0 rings (SSSR count). The molecule has 0 radical (unpaired) electrons. The van der Waals surface area contributed by atoms with Crippen molar-refractivity contribution in [2.24, 2.45) is 0 Å². The van der Waals surface area contributed by atoms with Crippen LogP contribution in [0.4, 0.5) is 0 Å².